The average Bonchev–Trinajstić information content (AvgIpc) is 2.85. The van der Waals surface area contributed by atoms with Crippen LogP contribution in [-0.4, -0.2) is 47.0 Å². The van der Waals surface area contributed by atoms with Crippen LogP contribution in [0.15, 0.2) is 84.9 Å². The minimum Gasteiger partial charge on any atom is -0.318 e. The summed E-state index contributed by atoms with van der Waals surface area (Å²) < 4.78 is 0. The first kappa shape index (κ1) is 21.8. The molecule has 172 valence electrons. The van der Waals surface area contributed by atoms with Gasteiger partial charge in [0.1, 0.15) is 0 Å². The Kier molecular flexibility index (Phi) is 5.80. The standard InChI is InChI=1S/C28H28N4O2/c1-19-17-32(28(34)30-26-16-8-12-22-10-4-6-14-24(22)26)20(2)18-31(19)27(33)29-25-15-7-11-21-9-3-5-13-23(21)25/h3-16,19-20H,17-18H2,1-2H3,(H,29,33)(H,30,34)/t19-,20+. The first-order valence-corrected chi connectivity index (χ1v) is 11.6. The zero-order chi connectivity index (χ0) is 23.7. The van der Waals surface area contributed by atoms with Crippen molar-refractivity contribution in [2.24, 2.45) is 0 Å². The number of fused-ring (bicyclic) bond motifs is 2. The monoisotopic (exact) mass is 452 g/mol. The van der Waals surface area contributed by atoms with Crippen LogP contribution in [0, 0.1) is 0 Å². The summed E-state index contributed by atoms with van der Waals surface area (Å²) in [4.78, 5) is 30.0. The van der Waals surface area contributed by atoms with Crippen LogP contribution in [0.5, 0.6) is 0 Å². The summed E-state index contributed by atoms with van der Waals surface area (Å²) in [6, 6.07) is 27.2. The van der Waals surface area contributed by atoms with E-state index in [1.165, 1.54) is 0 Å². The highest BCUT2D eigenvalue weighted by molar-refractivity contribution is 6.03. The lowest BCUT2D eigenvalue weighted by atomic mass is 10.1. The molecular formula is C28H28N4O2. The van der Waals surface area contributed by atoms with Crippen LogP contribution in [0.2, 0.25) is 0 Å². The largest absolute Gasteiger partial charge is 0.322 e. The molecule has 1 heterocycles. The van der Waals surface area contributed by atoms with Crippen LogP contribution in [0.4, 0.5) is 21.0 Å². The van der Waals surface area contributed by atoms with Crippen molar-refractivity contribution in [3.63, 3.8) is 0 Å². The highest BCUT2D eigenvalue weighted by Gasteiger charge is 2.34. The zero-order valence-corrected chi connectivity index (χ0v) is 19.4. The number of nitrogens with one attached hydrogen (secondary N) is 2. The van der Waals surface area contributed by atoms with Gasteiger partial charge in [0.15, 0.2) is 0 Å². The second kappa shape index (κ2) is 9.06. The third-order valence-corrected chi connectivity index (χ3v) is 6.57. The van der Waals surface area contributed by atoms with Gasteiger partial charge in [-0.3, -0.25) is 0 Å². The molecule has 2 atom stereocenters. The number of hydrogen-bond donors (Lipinski definition) is 2. The predicted molar refractivity (Wildman–Crippen MR) is 138 cm³/mol. The molecule has 4 aromatic rings. The fourth-order valence-electron chi connectivity index (χ4n) is 4.74. The Morgan fingerprint density at radius 3 is 1.44 bits per heavy atom. The van der Waals surface area contributed by atoms with E-state index in [9.17, 15) is 9.59 Å². The van der Waals surface area contributed by atoms with Gasteiger partial charge in [0.25, 0.3) is 0 Å². The van der Waals surface area contributed by atoms with E-state index in [4.69, 9.17) is 0 Å². The molecule has 1 aliphatic heterocycles. The zero-order valence-electron chi connectivity index (χ0n) is 19.4. The van der Waals surface area contributed by atoms with Gasteiger partial charge in [0.05, 0.1) is 11.4 Å². The van der Waals surface area contributed by atoms with Gasteiger partial charge in [-0.05, 0) is 36.8 Å². The van der Waals surface area contributed by atoms with Gasteiger partial charge in [-0.2, -0.15) is 0 Å². The van der Waals surface area contributed by atoms with Gasteiger partial charge < -0.3 is 20.4 Å². The highest BCUT2D eigenvalue weighted by Crippen LogP contribution is 2.26. The molecule has 1 fully saturated rings. The van der Waals surface area contributed by atoms with Gasteiger partial charge in [-0.25, -0.2) is 9.59 Å². The fourth-order valence-corrected chi connectivity index (χ4v) is 4.74. The topological polar surface area (TPSA) is 64.7 Å². The normalized spacial score (nSPS) is 18.2. The van der Waals surface area contributed by atoms with Gasteiger partial charge in [0, 0.05) is 35.9 Å². The van der Waals surface area contributed by atoms with Crippen molar-refractivity contribution in [2.45, 2.75) is 25.9 Å². The van der Waals surface area contributed by atoms with Gasteiger partial charge >= 0.3 is 12.1 Å². The molecule has 1 saturated heterocycles. The van der Waals surface area contributed by atoms with Crippen molar-refractivity contribution in [1.29, 1.82) is 0 Å². The van der Waals surface area contributed by atoms with E-state index in [0.717, 1.165) is 32.9 Å². The number of rotatable bonds is 2. The molecule has 4 aromatic carbocycles. The third-order valence-electron chi connectivity index (χ3n) is 6.57. The fraction of sp³-hybridized carbons (Fsp3) is 0.214. The lowest BCUT2D eigenvalue weighted by Gasteiger charge is -2.43. The van der Waals surface area contributed by atoms with Crippen molar-refractivity contribution in [2.75, 3.05) is 23.7 Å². The van der Waals surface area contributed by atoms with E-state index < -0.39 is 0 Å². The number of piperazine rings is 1. The van der Waals surface area contributed by atoms with Crippen molar-refractivity contribution in [3.8, 4) is 0 Å². The molecule has 0 aliphatic carbocycles. The predicted octanol–water partition coefficient (Wildman–Crippen LogP) is 6.15. The summed E-state index contributed by atoms with van der Waals surface area (Å²) in [5, 5.41) is 10.3. The Balaban J connectivity index is 1.28. The number of carbonyl (C=O) groups excluding carboxylic acids is 2. The van der Waals surface area contributed by atoms with Gasteiger partial charge in [-0.15, -0.1) is 0 Å². The summed E-state index contributed by atoms with van der Waals surface area (Å²) in [6.07, 6.45) is 0. The average molecular weight is 453 g/mol. The molecule has 6 nitrogen and oxygen atoms in total. The van der Waals surface area contributed by atoms with E-state index in [1.54, 1.807) is 0 Å². The number of amides is 4. The Morgan fingerprint density at radius 1 is 0.618 bits per heavy atom. The van der Waals surface area contributed by atoms with Crippen LogP contribution in [0.1, 0.15) is 13.8 Å². The van der Waals surface area contributed by atoms with Gasteiger partial charge in [0.2, 0.25) is 0 Å². The van der Waals surface area contributed by atoms with Crippen LogP contribution in [-0.2, 0) is 0 Å². The van der Waals surface area contributed by atoms with Crippen molar-refractivity contribution >= 4 is 45.0 Å². The maximum absolute atomic E-state index is 13.2. The number of nitrogens with zero attached hydrogens (tertiary/aromatic N) is 2. The van der Waals surface area contributed by atoms with Crippen molar-refractivity contribution < 1.29 is 9.59 Å². The van der Waals surface area contributed by atoms with Crippen LogP contribution >= 0.6 is 0 Å². The van der Waals surface area contributed by atoms with E-state index in [1.807, 2.05) is 109 Å². The molecule has 1 aliphatic rings. The van der Waals surface area contributed by atoms with E-state index >= 15 is 0 Å². The summed E-state index contributed by atoms with van der Waals surface area (Å²) in [6.45, 7) is 4.88. The smallest absolute Gasteiger partial charge is 0.318 e. The molecule has 0 bridgehead atoms. The third kappa shape index (κ3) is 4.15. The second-order valence-corrected chi connectivity index (χ2v) is 8.92. The number of anilines is 2. The summed E-state index contributed by atoms with van der Waals surface area (Å²) in [5.41, 5.74) is 1.58. The molecule has 5 rings (SSSR count). The molecule has 0 spiro atoms. The van der Waals surface area contributed by atoms with Crippen LogP contribution in [0.25, 0.3) is 21.5 Å². The number of carbonyl (C=O) groups is 2. The second-order valence-electron chi connectivity index (χ2n) is 8.92. The molecule has 34 heavy (non-hydrogen) atoms. The number of urea groups is 2. The Hall–Kier alpha value is -4.06. The van der Waals surface area contributed by atoms with Gasteiger partial charge in [-0.1, -0.05) is 72.8 Å². The van der Waals surface area contributed by atoms with Crippen molar-refractivity contribution in [1.82, 2.24) is 9.80 Å². The maximum atomic E-state index is 13.2. The minimum atomic E-state index is -0.148. The quantitative estimate of drug-likeness (QED) is 0.383. The summed E-state index contributed by atoms with van der Waals surface area (Å²) in [5.74, 6) is 0. The number of benzene rings is 4. The Morgan fingerprint density at radius 2 is 1.00 bits per heavy atom. The van der Waals surface area contributed by atoms with Crippen LogP contribution < -0.4 is 10.6 Å². The van der Waals surface area contributed by atoms with E-state index in [0.29, 0.717) is 13.1 Å². The molecular weight excluding hydrogens is 424 g/mol. The molecule has 0 aromatic heterocycles. The molecule has 0 saturated carbocycles. The lowest BCUT2D eigenvalue weighted by molar-refractivity contribution is 0.0917. The Bertz CT molecular complexity index is 1250. The summed E-state index contributed by atoms with van der Waals surface area (Å²) >= 11 is 0. The van der Waals surface area contributed by atoms with Crippen LogP contribution in [0.3, 0.4) is 0 Å². The van der Waals surface area contributed by atoms with E-state index in [-0.39, 0.29) is 24.1 Å². The minimum absolute atomic E-state index is 0.121. The summed E-state index contributed by atoms with van der Waals surface area (Å²) in [7, 11) is 0. The molecule has 0 unspecified atom stereocenters. The first-order valence-electron chi connectivity index (χ1n) is 11.6. The molecule has 0 radical (unpaired) electrons. The maximum Gasteiger partial charge on any atom is 0.322 e. The molecule has 2 N–H and O–H groups in total. The SMILES string of the molecule is C[C@@H]1CN(C(=O)Nc2cccc3ccccc23)[C@@H](C)CN1C(=O)Nc1cccc2ccccc12. The van der Waals surface area contributed by atoms with E-state index in [2.05, 4.69) is 10.6 Å². The first-order chi connectivity index (χ1) is 16.5. The number of hydrogen-bond acceptors (Lipinski definition) is 2. The molecule has 6 heteroatoms. The molecule has 4 amide bonds. The lowest BCUT2D eigenvalue weighted by Crippen LogP contribution is -2.61. The highest BCUT2D eigenvalue weighted by atomic mass is 16.2. The van der Waals surface area contributed by atoms with Crippen molar-refractivity contribution in [3.05, 3.63) is 84.9 Å². The Labute approximate surface area is 199 Å².